The molecule has 0 atom stereocenters. The molecule has 1 rings (SSSR count). The van der Waals surface area contributed by atoms with Crippen LogP contribution in [-0.4, -0.2) is 23.3 Å². The molecule has 0 aliphatic heterocycles. The summed E-state index contributed by atoms with van der Waals surface area (Å²) < 4.78 is 9.29. The molecule has 0 aliphatic carbocycles. The second-order valence-corrected chi connectivity index (χ2v) is 2.27. The third-order valence-electron chi connectivity index (χ3n) is 1.32. The predicted octanol–water partition coefficient (Wildman–Crippen LogP) is 0.811. The van der Waals surface area contributed by atoms with Crippen LogP contribution < -0.4 is 0 Å². The lowest BCUT2D eigenvalue weighted by Gasteiger charge is -1.97. The van der Waals surface area contributed by atoms with Gasteiger partial charge in [-0.25, -0.2) is 4.98 Å². The minimum Gasteiger partial charge on any atom is -0.466 e. The van der Waals surface area contributed by atoms with Crippen molar-refractivity contribution in [1.29, 1.82) is 0 Å². The molecule has 0 radical (unpaired) electrons. The second kappa shape index (κ2) is 4.39. The van der Waals surface area contributed by atoms with Gasteiger partial charge in [-0.15, -0.1) is 0 Å². The third-order valence-corrected chi connectivity index (χ3v) is 1.32. The molecule has 0 bridgehead atoms. The maximum absolute atomic E-state index is 11.2. The van der Waals surface area contributed by atoms with Gasteiger partial charge in [0.2, 0.25) is 5.78 Å². The van der Waals surface area contributed by atoms with Crippen LogP contribution in [0.2, 0.25) is 0 Å². The zero-order chi connectivity index (χ0) is 9.68. The summed E-state index contributed by atoms with van der Waals surface area (Å²) in [7, 11) is 0. The fourth-order valence-electron chi connectivity index (χ4n) is 0.784. The second-order valence-electron chi connectivity index (χ2n) is 2.27. The Hall–Kier alpha value is -1.65. The molecule has 0 unspecified atom stereocenters. The molecule has 1 aromatic rings. The maximum atomic E-state index is 11.2. The minimum absolute atomic E-state index is 0.0769. The maximum Gasteiger partial charge on any atom is 0.313 e. The molecule has 13 heavy (non-hydrogen) atoms. The average Bonchev–Trinajstić information content (AvgIpc) is 2.55. The summed E-state index contributed by atoms with van der Waals surface area (Å²) >= 11 is 0. The highest BCUT2D eigenvalue weighted by Crippen LogP contribution is 2.02. The predicted molar refractivity (Wildman–Crippen MR) is 42.1 cm³/mol. The number of carbonyl (C=O) groups is 2. The molecule has 0 fully saturated rings. The summed E-state index contributed by atoms with van der Waals surface area (Å²) in [6.45, 7) is 1.94. The van der Waals surface area contributed by atoms with Crippen LogP contribution in [0.5, 0.6) is 0 Å². The number of Topliss-reactive ketones (excluding diaryl/α,β-unsaturated/α-hetero) is 1. The molecule has 0 saturated heterocycles. The molecular weight excluding hydrogens is 174 g/mol. The van der Waals surface area contributed by atoms with Gasteiger partial charge < -0.3 is 9.15 Å². The van der Waals surface area contributed by atoms with E-state index in [9.17, 15) is 9.59 Å². The highest BCUT2D eigenvalue weighted by atomic mass is 16.5. The van der Waals surface area contributed by atoms with Crippen LogP contribution in [-0.2, 0) is 9.53 Å². The molecular formula is C8H9NO4. The van der Waals surface area contributed by atoms with Crippen molar-refractivity contribution in [1.82, 2.24) is 4.98 Å². The van der Waals surface area contributed by atoms with Crippen LogP contribution in [0.4, 0.5) is 0 Å². The summed E-state index contributed by atoms with van der Waals surface area (Å²) in [5.41, 5.74) is 0. The molecule has 0 aliphatic rings. The van der Waals surface area contributed by atoms with Crippen molar-refractivity contribution in [3.8, 4) is 0 Å². The van der Waals surface area contributed by atoms with E-state index in [4.69, 9.17) is 4.42 Å². The number of hydrogen-bond acceptors (Lipinski definition) is 5. The van der Waals surface area contributed by atoms with E-state index in [2.05, 4.69) is 9.72 Å². The number of ketones is 1. The zero-order valence-electron chi connectivity index (χ0n) is 7.15. The van der Waals surface area contributed by atoms with E-state index in [0.717, 1.165) is 6.39 Å². The standard InChI is InChI=1S/C8H9NO4/c1-2-12-8(11)3-6(10)7-4-9-5-13-7/h4-5H,2-3H2,1H3. The Morgan fingerprint density at radius 3 is 2.92 bits per heavy atom. The van der Waals surface area contributed by atoms with Crippen LogP contribution in [0, 0.1) is 0 Å². The van der Waals surface area contributed by atoms with Crippen molar-refractivity contribution in [3.63, 3.8) is 0 Å². The Kier molecular flexibility index (Phi) is 3.19. The number of nitrogens with zero attached hydrogens (tertiary/aromatic N) is 1. The van der Waals surface area contributed by atoms with Gasteiger partial charge in [0.05, 0.1) is 12.8 Å². The van der Waals surface area contributed by atoms with Crippen molar-refractivity contribution >= 4 is 11.8 Å². The Balaban J connectivity index is 2.47. The topological polar surface area (TPSA) is 69.4 Å². The summed E-state index contributed by atoms with van der Waals surface area (Å²) in [5.74, 6) is -0.895. The smallest absolute Gasteiger partial charge is 0.313 e. The first-order valence-corrected chi connectivity index (χ1v) is 3.81. The van der Waals surface area contributed by atoms with E-state index in [-0.39, 0.29) is 18.8 Å². The quantitative estimate of drug-likeness (QED) is 0.392. The normalized spacial score (nSPS) is 9.62. The number of hydrogen-bond donors (Lipinski definition) is 0. The summed E-state index contributed by atoms with van der Waals surface area (Å²) in [4.78, 5) is 25.6. The Labute approximate surface area is 74.7 Å². The fraction of sp³-hybridized carbons (Fsp3) is 0.375. The van der Waals surface area contributed by atoms with Gasteiger partial charge in [-0.2, -0.15) is 0 Å². The lowest BCUT2D eigenvalue weighted by molar-refractivity contribution is -0.142. The number of rotatable bonds is 4. The van der Waals surface area contributed by atoms with Gasteiger partial charge in [0.25, 0.3) is 0 Å². The highest BCUT2D eigenvalue weighted by Gasteiger charge is 2.14. The Morgan fingerprint density at radius 2 is 2.38 bits per heavy atom. The number of carbonyl (C=O) groups excluding carboxylic acids is 2. The fourth-order valence-corrected chi connectivity index (χ4v) is 0.784. The average molecular weight is 183 g/mol. The molecule has 0 aromatic carbocycles. The van der Waals surface area contributed by atoms with Crippen molar-refractivity contribution in [2.45, 2.75) is 13.3 Å². The monoisotopic (exact) mass is 183 g/mol. The van der Waals surface area contributed by atoms with E-state index in [1.165, 1.54) is 6.20 Å². The molecule has 0 spiro atoms. The first-order chi connectivity index (χ1) is 6.24. The van der Waals surface area contributed by atoms with E-state index >= 15 is 0 Å². The number of oxazole rings is 1. The van der Waals surface area contributed by atoms with Gasteiger partial charge >= 0.3 is 5.97 Å². The SMILES string of the molecule is CCOC(=O)CC(=O)c1cnco1. The molecule has 0 saturated carbocycles. The molecule has 1 heterocycles. The van der Waals surface area contributed by atoms with Crippen LogP contribution in [0.3, 0.4) is 0 Å². The first kappa shape index (κ1) is 9.44. The van der Waals surface area contributed by atoms with E-state index in [0.29, 0.717) is 0 Å². The van der Waals surface area contributed by atoms with Gasteiger partial charge in [0, 0.05) is 0 Å². The Morgan fingerprint density at radius 1 is 1.62 bits per heavy atom. The van der Waals surface area contributed by atoms with Gasteiger partial charge in [-0.05, 0) is 6.92 Å². The Bertz CT molecular complexity index is 291. The summed E-state index contributed by atoms with van der Waals surface area (Å²) in [6.07, 6.45) is 2.10. The van der Waals surface area contributed by atoms with Crippen LogP contribution in [0.25, 0.3) is 0 Å². The van der Waals surface area contributed by atoms with Crippen molar-refractivity contribution in [2.24, 2.45) is 0 Å². The van der Waals surface area contributed by atoms with E-state index in [1.54, 1.807) is 6.92 Å². The summed E-state index contributed by atoms with van der Waals surface area (Å²) in [5, 5.41) is 0. The van der Waals surface area contributed by atoms with Gasteiger partial charge in [0.1, 0.15) is 6.42 Å². The van der Waals surface area contributed by atoms with Crippen LogP contribution in [0.1, 0.15) is 23.9 Å². The molecule has 0 amide bonds. The van der Waals surface area contributed by atoms with Gasteiger partial charge in [-0.1, -0.05) is 0 Å². The van der Waals surface area contributed by atoms with Crippen LogP contribution >= 0.6 is 0 Å². The lowest BCUT2D eigenvalue weighted by atomic mass is 10.2. The van der Waals surface area contributed by atoms with Crippen molar-refractivity contribution < 1.29 is 18.7 Å². The van der Waals surface area contributed by atoms with Gasteiger partial charge in [-0.3, -0.25) is 9.59 Å². The molecule has 1 aromatic heterocycles. The minimum atomic E-state index is -0.552. The zero-order valence-corrected chi connectivity index (χ0v) is 7.15. The number of esters is 1. The first-order valence-electron chi connectivity index (χ1n) is 3.81. The van der Waals surface area contributed by atoms with Crippen molar-refractivity contribution in [2.75, 3.05) is 6.61 Å². The largest absolute Gasteiger partial charge is 0.466 e. The summed E-state index contributed by atoms with van der Waals surface area (Å²) in [6, 6.07) is 0. The molecule has 5 nitrogen and oxygen atoms in total. The molecule has 0 N–H and O–H groups in total. The number of aromatic nitrogens is 1. The highest BCUT2D eigenvalue weighted by molar-refractivity contribution is 6.04. The third kappa shape index (κ3) is 2.70. The number of ether oxygens (including phenoxy) is 1. The van der Waals surface area contributed by atoms with Gasteiger partial charge in [0.15, 0.2) is 12.2 Å². The van der Waals surface area contributed by atoms with E-state index in [1.807, 2.05) is 0 Å². The van der Waals surface area contributed by atoms with Crippen molar-refractivity contribution in [3.05, 3.63) is 18.4 Å². The van der Waals surface area contributed by atoms with E-state index < -0.39 is 11.8 Å². The molecule has 70 valence electrons. The molecule has 5 heteroatoms. The van der Waals surface area contributed by atoms with Crippen LogP contribution in [0.15, 0.2) is 17.0 Å². The lowest BCUT2D eigenvalue weighted by Crippen LogP contribution is -2.10.